The third-order valence-electron chi connectivity index (χ3n) is 6.58. The van der Waals surface area contributed by atoms with Crippen molar-refractivity contribution in [2.45, 2.75) is 26.2 Å². The van der Waals surface area contributed by atoms with Crippen LogP contribution in [-0.4, -0.2) is 44.3 Å². The molecule has 5 rings (SSSR count). The van der Waals surface area contributed by atoms with E-state index in [1.165, 1.54) is 0 Å². The lowest BCUT2D eigenvalue weighted by molar-refractivity contribution is -0.118. The molecule has 1 aliphatic heterocycles. The molecule has 35 heavy (non-hydrogen) atoms. The number of piperidine rings is 1. The first-order valence-electron chi connectivity index (χ1n) is 11.8. The summed E-state index contributed by atoms with van der Waals surface area (Å²) in [6.07, 6.45) is 4.13. The van der Waals surface area contributed by atoms with Crippen LogP contribution in [0.4, 0.5) is 0 Å². The zero-order chi connectivity index (χ0) is 24.4. The van der Waals surface area contributed by atoms with Crippen LogP contribution in [0.5, 0.6) is 0 Å². The number of rotatable bonds is 5. The molecule has 0 aliphatic carbocycles. The molecule has 1 saturated heterocycles. The van der Waals surface area contributed by atoms with E-state index >= 15 is 0 Å². The number of carbonyl (C=O) groups is 2. The van der Waals surface area contributed by atoms with Gasteiger partial charge in [-0.15, -0.1) is 0 Å². The van der Waals surface area contributed by atoms with E-state index in [2.05, 4.69) is 11.1 Å². The van der Waals surface area contributed by atoms with Crippen LogP contribution >= 0.6 is 0 Å². The van der Waals surface area contributed by atoms with Gasteiger partial charge < -0.3 is 9.69 Å². The molecule has 3 heterocycles. The first-order valence-corrected chi connectivity index (χ1v) is 11.8. The Kier molecular flexibility index (Phi) is 6.11. The van der Waals surface area contributed by atoms with E-state index in [9.17, 15) is 9.59 Å². The number of amides is 1. The Bertz CT molecular complexity index is 1420. The van der Waals surface area contributed by atoms with Gasteiger partial charge in [0.15, 0.2) is 5.65 Å². The molecule has 0 unspecified atom stereocenters. The molecule has 0 saturated carbocycles. The minimum atomic E-state index is 0.0268. The van der Waals surface area contributed by atoms with Gasteiger partial charge in [0.1, 0.15) is 5.78 Å². The summed E-state index contributed by atoms with van der Waals surface area (Å²) >= 11 is 0. The van der Waals surface area contributed by atoms with Crippen LogP contribution in [0.1, 0.15) is 42.1 Å². The summed E-state index contributed by atoms with van der Waals surface area (Å²) in [7, 11) is 0. The number of ketones is 1. The highest BCUT2D eigenvalue weighted by Crippen LogP contribution is 2.25. The van der Waals surface area contributed by atoms with Crippen LogP contribution in [0.15, 0.2) is 66.9 Å². The highest BCUT2D eigenvalue weighted by Gasteiger charge is 2.24. The number of hydrogen-bond donors (Lipinski definition) is 0. The molecule has 0 N–H and O–H groups in total. The fourth-order valence-corrected chi connectivity index (χ4v) is 4.65. The standard InChI is InChI=1S/C28H25N5O2/c1-19(34)16-20-12-14-32(15-13-20)28(35)24-8-6-22(7-9-24)25-10-11-27-30-18-26(33(27)31-25)23-4-2-21(17-29)3-5-23/h2-11,18,20H,12-16H2,1H3. The Morgan fingerprint density at radius 1 is 0.971 bits per heavy atom. The Balaban J connectivity index is 1.34. The molecule has 0 bridgehead atoms. The van der Waals surface area contributed by atoms with Gasteiger partial charge in [-0.3, -0.25) is 4.79 Å². The minimum absolute atomic E-state index is 0.0268. The number of fused-ring (bicyclic) bond motifs is 1. The number of Topliss-reactive ketones (excluding diaryl/α,β-unsaturated/α-hetero) is 1. The van der Waals surface area contributed by atoms with Crippen molar-refractivity contribution in [1.82, 2.24) is 19.5 Å². The molecule has 7 nitrogen and oxygen atoms in total. The Hall–Kier alpha value is -4.31. The second-order valence-electron chi connectivity index (χ2n) is 9.04. The van der Waals surface area contributed by atoms with E-state index in [4.69, 9.17) is 10.4 Å². The molecule has 1 fully saturated rings. The van der Waals surface area contributed by atoms with Crippen molar-refractivity contribution in [3.05, 3.63) is 78.0 Å². The van der Waals surface area contributed by atoms with E-state index < -0.39 is 0 Å². The van der Waals surface area contributed by atoms with Gasteiger partial charge in [0.25, 0.3) is 5.91 Å². The van der Waals surface area contributed by atoms with Gasteiger partial charge in [0, 0.05) is 36.2 Å². The normalized spacial score (nSPS) is 14.1. The number of nitriles is 1. The Morgan fingerprint density at radius 3 is 2.31 bits per heavy atom. The molecule has 1 amide bonds. The number of benzene rings is 2. The van der Waals surface area contributed by atoms with E-state index in [-0.39, 0.29) is 11.7 Å². The molecule has 0 spiro atoms. The van der Waals surface area contributed by atoms with E-state index in [0.29, 0.717) is 36.6 Å². The maximum atomic E-state index is 13.0. The summed E-state index contributed by atoms with van der Waals surface area (Å²) in [5, 5.41) is 13.8. The van der Waals surface area contributed by atoms with Gasteiger partial charge in [0.2, 0.25) is 0 Å². The topological polar surface area (TPSA) is 91.4 Å². The summed E-state index contributed by atoms with van der Waals surface area (Å²) in [4.78, 5) is 30.7. The maximum Gasteiger partial charge on any atom is 0.253 e. The zero-order valence-electron chi connectivity index (χ0n) is 19.5. The lowest BCUT2D eigenvalue weighted by Gasteiger charge is -2.31. The number of nitrogens with zero attached hydrogens (tertiary/aromatic N) is 5. The number of hydrogen-bond acceptors (Lipinski definition) is 5. The maximum absolute atomic E-state index is 13.0. The van der Waals surface area contributed by atoms with E-state index in [1.807, 2.05) is 53.4 Å². The van der Waals surface area contributed by atoms with Gasteiger partial charge in [-0.2, -0.15) is 10.4 Å². The molecule has 2 aromatic heterocycles. The van der Waals surface area contributed by atoms with Crippen LogP contribution in [0.3, 0.4) is 0 Å². The molecular formula is C28H25N5O2. The molecule has 4 aromatic rings. The van der Waals surface area contributed by atoms with Crippen molar-refractivity contribution in [1.29, 1.82) is 5.26 Å². The summed E-state index contributed by atoms with van der Waals surface area (Å²) < 4.78 is 1.79. The molecule has 0 atom stereocenters. The third-order valence-corrected chi connectivity index (χ3v) is 6.58. The predicted molar refractivity (Wildman–Crippen MR) is 132 cm³/mol. The second kappa shape index (κ2) is 9.51. The average Bonchev–Trinajstić information content (AvgIpc) is 3.32. The quantitative estimate of drug-likeness (QED) is 0.425. The fraction of sp³-hybridized carbons (Fsp3) is 0.250. The summed E-state index contributed by atoms with van der Waals surface area (Å²) in [6, 6.07) is 20.8. The highest BCUT2D eigenvalue weighted by molar-refractivity contribution is 5.94. The lowest BCUT2D eigenvalue weighted by atomic mass is 9.92. The first kappa shape index (κ1) is 22.5. The summed E-state index contributed by atoms with van der Waals surface area (Å²) in [5.74, 6) is 0.632. The number of aromatic nitrogens is 3. The molecule has 174 valence electrons. The average molecular weight is 464 g/mol. The Morgan fingerprint density at radius 2 is 1.66 bits per heavy atom. The number of imidazole rings is 1. The van der Waals surface area contributed by atoms with Crippen molar-refractivity contribution in [2.75, 3.05) is 13.1 Å². The van der Waals surface area contributed by atoms with Crippen molar-refractivity contribution in [2.24, 2.45) is 5.92 Å². The van der Waals surface area contributed by atoms with E-state index in [1.54, 1.807) is 29.8 Å². The largest absolute Gasteiger partial charge is 0.339 e. The molecule has 2 aromatic carbocycles. The van der Waals surface area contributed by atoms with Crippen molar-refractivity contribution >= 4 is 17.3 Å². The monoisotopic (exact) mass is 463 g/mol. The lowest BCUT2D eigenvalue weighted by Crippen LogP contribution is -2.38. The molecule has 0 radical (unpaired) electrons. The Labute approximate surface area is 203 Å². The van der Waals surface area contributed by atoms with Crippen LogP contribution in [-0.2, 0) is 4.79 Å². The fourth-order valence-electron chi connectivity index (χ4n) is 4.65. The van der Waals surface area contributed by atoms with Gasteiger partial charge in [-0.1, -0.05) is 24.3 Å². The third kappa shape index (κ3) is 4.69. The first-order chi connectivity index (χ1) is 17.0. The highest BCUT2D eigenvalue weighted by atomic mass is 16.2. The second-order valence-corrected chi connectivity index (χ2v) is 9.04. The molecular weight excluding hydrogens is 438 g/mol. The van der Waals surface area contributed by atoms with Gasteiger partial charge in [-0.05, 0) is 62.1 Å². The van der Waals surface area contributed by atoms with Crippen LogP contribution in [0.2, 0.25) is 0 Å². The van der Waals surface area contributed by atoms with E-state index in [0.717, 1.165) is 41.0 Å². The minimum Gasteiger partial charge on any atom is -0.339 e. The van der Waals surface area contributed by atoms with Crippen LogP contribution < -0.4 is 0 Å². The smallest absolute Gasteiger partial charge is 0.253 e. The van der Waals surface area contributed by atoms with Gasteiger partial charge in [-0.25, -0.2) is 9.50 Å². The predicted octanol–water partition coefficient (Wildman–Crippen LogP) is 4.77. The molecule has 7 heteroatoms. The molecule has 1 aliphatic rings. The summed E-state index contributed by atoms with van der Waals surface area (Å²) in [6.45, 7) is 3.01. The summed E-state index contributed by atoms with van der Waals surface area (Å²) in [5.41, 5.74) is 5.43. The zero-order valence-corrected chi connectivity index (χ0v) is 19.5. The van der Waals surface area contributed by atoms with Crippen LogP contribution in [0, 0.1) is 17.2 Å². The van der Waals surface area contributed by atoms with Crippen LogP contribution in [0.25, 0.3) is 28.2 Å². The van der Waals surface area contributed by atoms with Gasteiger partial charge >= 0.3 is 0 Å². The SMILES string of the molecule is CC(=O)CC1CCN(C(=O)c2ccc(-c3ccc4ncc(-c5ccc(C#N)cc5)n4n3)cc2)CC1. The van der Waals surface area contributed by atoms with Crippen molar-refractivity contribution in [3.8, 4) is 28.6 Å². The van der Waals surface area contributed by atoms with Crippen molar-refractivity contribution < 1.29 is 9.59 Å². The number of likely N-dealkylation sites (tertiary alicyclic amines) is 1. The van der Waals surface area contributed by atoms with Gasteiger partial charge in [0.05, 0.1) is 29.2 Å². The van der Waals surface area contributed by atoms with Crippen molar-refractivity contribution in [3.63, 3.8) is 0 Å². The number of carbonyl (C=O) groups excluding carboxylic acids is 2.